The number of hydrogen-bond donors (Lipinski definition) is 2. The van der Waals surface area contributed by atoms with Crippen LogP contribution in [-0.2, 0) is 25.5 Å². The number of ether oxygens (including phenoxy) is 3. The van der Waals surface area contributed by atoms with Crippen LogP contribution in [-0.4, -0.2) is 68.3 Å². The van der Waals surface area contributed by atoms with Crippen molar-refractivity contribution in [2.24, 2.45) is 0 Å². The lowest BCUT2D eigenvalue weighted by atomic mass is 9.94. The number of carbonyl (C=O) groups is 2. The number of benzene rings is 3. The highest BCUT2D eigenvalue weighted by molar-refractivity contribution is 9.10. The first-order valence-corrected chi connectivity index (χ1v) is 19.6. The molecule has 2 saturated heterocycles. The minimum atomic E-state index is -4.66. The summed E-state index contributed by atoms with van der Waals surface area (Å²) in [5.41, 5.74) is -1.30. The fraction of sp³-hybridized carbons (Fsp3) is 0.514. The van der Waals surface area contributed by atoms with E-state index in [2.05, 4.69) is 26.0 Å². The molecule has 3 atom stereocenters. The summed E-state index contributed by atoms with van der Waals surface area (Å²) in [5, 5.41) is 4.15. The average molecular weight is 793 g/mol. The molecule has 3 aliphatic rings. The van der Waals surface area contributed by atoms with Gasteiger partial charge in [0.25, 0.3) is 5.92 Å². The molecule has 0 radical (unpaired) electrons. The van der Waals surface area contributed by atoms with Crippen molar-refractivity contribution in [3.63, 3.8) is 0 Å². The van der Waals surface area contributed by atoms with E-state index in [0.717, 1.165) is 43.2 Å². The Hall–Kier alpha value is -3.49. The van der Waals surface area contributed by atoms with Gasteiger partial charge >= 0.3 is 6.09 Å². The normalized spacial score (nSPS) is 21.8. The van der Waals surface area contributed by atoms with Gasteiger partial charge in [0, 0.05) is 23.7 Å². The molecule has 3 fully saturated rings. The van der Waals surface area contributed by atoms with Crippen molar-refractivity contribution in [3.05, 3.63) is 64.6 Å². The number of carbonyl (C=O) groups excluding carboxylic acids is 2. The Kier molecular flexibility index (Phi) is 10.6. The van der Waals surface area contributed by atoms with Gasteiger partial charge in [-0.1, -0.05) is 18.2 Å². The van der Waals surface area contributed by atoms with Gasteiger partial charge in [-0.05, 0) is 135 Å². The maximum atomic E-state index is 16.7. The molecule has 3 aromatic rings. The molecule has 3 aromatic carbocycles. The van der Waals surface area contributed by atoms with Crippen LogP contribution in [0.25, 0.3) is 10.8 Å². The van der Waals surface area contributed by atoms with Crippen LogP contribution < -0.4 is 19.5 Å². The second-order valence-electron chi connectivity index (χ2n) is 14.7. The first kappa shape index (κ1) is 37.3. The number of alkyl carbamates (subject to hydrolysis) is 1. The van der Waals surface area contributed by atoms with Gasteiger partial charge in [0.1, 0.15) is 17.1 Å². The van der Waals surface area contributed by atoms with Crippen LogP contribution in [0.15, 0.2) is 64.0 Å². The number of nitrogens with one attached hydrogen (secondary N) is 2. The Morgan fingerprint density at radius 1 is 0.922 bits per heavy atom. The smallest absolute Gasteiger partial charge is 0.407 e. The quantitative estimate of drug-likeness (QED) is 0.219. The number of piperidine rings is 1. The number of alkyl halides is 2. The van der Waals surface area contributed by atoms with Gasteiger partial charge in [0.05, 0.1) is 22.6 Å². The lowest BCUT2D eigenvalue weighted by molar-refractivity contribution is -0.149. The molecule has 14 heteroatoms. The van der Waals surface area contributed by atoms with Crippen molar-refractivity contribution < 1.29 is 41.0 Å². The number of sulfonamides is 1. The van der Waals surface area contributed by atoms with Crippen LogP contribution in [0.2, 0.25) is 0 Å². The van der Waals surface area contributed by atoms with E-state index in [4.69, 9.17) is 14.2 Å². The molecule has 2 aliphatic heterocycles. The largest absolute Gasteiger partial charge is 0.496 e. The standard InChI is InChI=1S/C37H44BrF2N3O7S/c1-36(2,3)50-35(45)41-25-20-26-12-13-27(21-25)43(26)34(44)33(37(39,40)24-11-16-31(38)32(19-24)48-4)42-51(46,47)30-15-10-22-17-29(14-9-23(22)18-30)49-28-7-5-6-8-28/h9-11,14-19,25-28,33,42H,5-8,12-13,20-21H2,1-4H3,(H,41,45). The molecule has 276 valence electrons. The number of fused-ring (bicyclic) bond motifs is 3. The average Bonchev–Trinajstić information content (AvgIpc) is 3.67. The van der Waals surface area contributed by atoms with Gasteiger partial charge in [-0.25, -0.2) is 13.2 Å². The van der Waals surface area contributed by atoms with Crippen LogP contribution in [0.4, 0.5) is 13.6 Å². The highest BCUT2D eigenvalue weighted by atomic mass is 79.9. The summed E-state index contributed by atoms with van der Waals surface area (Å²) in [7, 11) is -3.34. The molecule has 2 amide bonds. The third-order valence-electron chi connectivity index (χ3n) is 9.83. The Labute approximate surface area is 305 Å². The van der Waals surface area contributed by atoms with E-state index in [1.807, 2.05) is 6.07 Å². The van der Waals surface area contributed by atoms with Gasteiger partial charge in [-0.15, -0.1) is 0 Å². The van der Waals surface area contributed by atoms with Crippen molar-refractivity contribution in [2.75, 3.05) is 7.11 Å². The van der Waals surface area contributed by atoms with Gasteiger partial charge < -0.3 is 24.4 Å². The topological polar surface area (TPSA) is 123 Å². The SMILES string of the molecule is COc1cc(C(F)(F)C(NS(=O)(=O)c2ccc3cc(OC4CCCC4)ccc3c2)C(=O)N2C3CCC2CC(NC(=O)OC(C)(C)C)C3)ccc1Br. The molecule has 2 N–H and O–H groups in total. The monoisotopic (exact) mass is 791 g/mol. The molecule has 2 bridgehead atoms. The Morgan fingerprint density at radius 2 is 1.57 bits per heavy atom. The number of hydrogen-bond acceptors (Lipinski definition) is 7. The van der Waals surface area contributed by atoms with E-state index < -0.39 is 57.2 Å². The van der Waals surface area contributed by atoms with Crippen molar-refractivity contribution in [3.8, 4) is 11.5 Å². The van der Waals surface area contributed by atoms with E-state index in [-0.39, 0.29) is 22.8 Å². The van der Waals surface area contributed by atoms with Crippen LogP contribution >= 0.6 is 15.9 Å². The third kappa shape index (κ3) is 8.28. The Morgan fingerprint density at radius 3 is 2.22 bits per heavy atom. The second kappa shape index (κ2) is 14.5. The van der Waals surface area contributed by atoms with Gasteiger partial charge in [0.15, 0.2) is 6.04 Å². The Balaban J connectivity index is 1.29. The van der Waals surface area contributed by atoms with E-state index in [1.165, 1.54) is 30.2 Å². The summed E-state index contributed by atoms with van der Waals surface area (Å²) in [6.07, 6.45) is 5.45. The second-order valence-corrected chi connectivity index (χ2v) is 17.2. The summed E-state index contributed by atoms with van der Waals surface area (Å²) in [5.74, 6) is -4.26. The highest BCUT2D eigenvalue weighted by Gasteiger charge is 2.54. The number of halogens is 3. The maximum absolute atomic E-state index is 16.7. The van der Waals surface area contributed by atoms with Crippen LogP contribution in [0, 0.1) is 0 Å². The van der Waals surface area contributed by atoms with Gasteiger partial charge in [0.2, 0.25) is 15.9 Å². The molecule has 3 unspecified atom stereocenters. The minimum absolute atomic E-state index is 0.0983. The molecule has 0 spiro atoms. The van der Waals surface area contributed by atoms with Crippen molar-refractivity contribution in [1.29, 1.82) is 0 Å². The molecule has 6 rings (SSSR count). The van der Waals surface area contributed by atoms with Crippen molar-refractivity contribution in [1.82, 2.24) is 14.9 Å². The number of nitrogens with zero attached hydrogens (tertiary/aromatic N) is 1. The predicted molar refractivity (Wildman–Crippen MR) is 192 cm³/mol. The molecular formula is C37H44BrF2N3O7S. The van der Waals surface area contributed by atoms with Gasteiger partial charge in [-0.3, -0.25) is 4.79 Å². The summed E-state index contributed by atoms with van der Waals surface area (Å²) in [6, 6.07) is 9.46. The first-order valence-electron chi connectivity index (χ1n) is 17.3. The zero-order valence-corrected chi connectivity index (χ0v) is 31.5. The van der Waals surface area contributed by atoms with E-state index in [9.17, 15) is 18.0 Å². The summed E-state index contributed by atoms with van der Waals surface area (Å²) in [6.45, 7) is 5.25. The number of rotatable bonds is 10. The van der Waals surface area contributed by atoms with Crippen LogP contribution in [0.1, 0.15) is 77.7 Å². The molecule has 1 saturated carbocycles. The zero-order valence-electron chi connectivity index (χ0n) is 29.1. The summed E-state index contributed by atoms with van der Waals surface area (Å²) >= 11 is 3.27. The van der Waals surface area contributed by atoms with E-state index in [0.29, 0.717) is 41.3 Å². The van der Waals surface area contributed by atoms with Crippen molar-refractivity contribution >= 4 is 48.7 Å². The summed E-state index contributed by atoms with van der Waals surface area (Å²) in [4.78, 5) is 28.0. The minimum Gasteiger partial charge on any atom is -0.496 e. The Bertz CT molecular complexity index is 1880. The number of amides is 2. The first-order chi connectivity index (χ1) is 24.0. The molecule has 51 heavy (non-hydrogen) atoms. The maximum Gasteiger partial charge on any atom is 0.407 e. The zero-order chi connectivity index (χ0) is 36.7. The summed E-state index contributed by atoms with van der Waals surface area (Å²) < 4.78 is 80.7. The van der Waals surface area contributed by atoms with Crippen molar-refractivity contribution in [2.45, 2.75) is 119 Å². The van der Waals surface area contributed by atoms with Gasteiger partial charge in [-0.2, -0.15) is 13.5 Å². The fourth-order valence-corrected chi connectivity index (χ4v) is 9.09. The third-order valence-corrected chi connectivity index (χ3v) is 11.9. The molecule has 1 aliphatic carbocycles. The molecule has 2 heterocycles. The molecule has 10 nitrogen and oxygen atoms in total. The predicted octanol–water partition coefficient (Wildman–Crippen LogP) is 7.42. The fourth-order valence-electron chi connectivity index (χ4n) is 7.46. The lowest BCUT2D eigenvalue weighted by Crippen LogP contribution is -2.61. The highest BCUT2D eigenvalue weighted by Crippen LogP contribution is 2.42. The number of methoxy groups -OCH3 is 1. The lowest BCUT2D eigenvalue weighted by Gasteiger charge is -2.42. The van der Waals surface area contributed by atoms with E-state index >= 15 is 8.78 Å². The molecular weight excluding hydrogens is 748 g/mol. The van der Waals surface area contributed by atoms with E-state index in [1.54, 1.807) is 39.0 Å². The molecule has 0 aromatic heterocycles. The van der Waals surface area contributed by atoms with Crippen LogP contribution in [0.5, 0.6) is 11.5 Å². The van der Waals surface area contributed by atoms with Crippen LogP contribution in [0.3, 0.4) is 0 Å².